The van der Waals surface area contributed by atoms with Crippen molar-refractivity contribution >= 4 is 46.3 Å². The van der Waals surface area contributed by atoms with Crippen molar-refractivity contribution in [2.24, 2.45) is 4.99 Å². The van der Waals surface area contributed by atoms with Crippen LogP contribution in [0.3, 0.4) is 0 Å². The van der Waals surface area contributed by atoms with Gasteiger partial charge in [0.15, 0.2) is 17.5 Å². The zero-order chi connectivity index (χ0) is 17.1. The van der Waals surface area contributed by atoms with Crippen molar-refractivity contribution in [2.45, 2.75) is 6.54 Å². The first-order chi connectivity index (χ1) is 12.3. The van der Waals surface area contributed by atoms with E-state index in [0.717, 1.165) is 49.2 Å². The van der Waals surface area contributed by atoms with Crippen molar-refractivity contribution in [1.82, 2.24) is 10.2 Å². The fourth-order valence-corrected chi connectivity index (χ4v) is 3.94. The molecular formula is C18H23IN4O2S. The molecule has 0 bridgehead atoms. The van der Waals surface area contributed by atoms with Gasteiger partial charge in [0.25, 0.3) is 0 Å². The largest absolute Gasteiger partial charge is 0.454 e. The van der Waals surface area contributed by atoms with Crippen molar-refractivity contribution < 1.29 is 9.47 Å². The molecule has 1 saturated heterocycles. The molecule has 1 N–H and O–H groups in total. The summed E-state index contributed by atoms with van der Waals surface area (Å²) in [4.78, 5) is 9.20. The van der Waals surface area contributed by atoms with Gasteiger partial charge in [0.05, 0.1) is 5.00 Å². The summed E-state index contributed by atoms with van der Waals surface area (Å²) in [7, 11) is 1.84. The molecule has 6 nitrogen and oxygen atoms in total. The molecule has 0 aliphatic carbocycles. The number of hydrogen-bond acceptors (Lipinski definition) is 5. The summed E-state index contributed by atoms with van der Waals surface area (Å²) >= 11 is 1.80. The molecule has 1 fully saturated rings. The molecule has 1 aromatic heterocycles. The van der Waals surface area contributed by atoms with Crippen LogP contribution in [0.2, 0.25) is 0 Å². The summed E-state index contributed by atoms with van der Waals surface area (Å²) in [6.45, 7) is 5.00. The average Bonchev–Trinajstić information content (AvgIpc) is 3.34. The third kappa shape index (κ3) is 4.17. The fourth-order valence-electron chi connectivity index (χ4n) is 3.15. The van der Waals surface area contributed by atoms with Crippen LogP contribution in [0.15, 0.2) is 40.7 Å². The van der Waals surface area contributed by atoms with E-state index in [4.69, 9.17) is 9.47 Å². The third-order valence-corrected chi connectivity index (χ3v) is 5.43. The Labute approximate surface area is 174 Å². The van der Waals surface area contributed by atoms with Crippen LogP contribution in [0.25, 0.3) is 0 Å². The number of hydrogen-bond donors (Lipinski definition) is 1. The van der Waals surface area contributed by atoms with Crippen molar-refractivity contribution in [3.05, 3.63) is 41.3 Å². The summed E-state index contributed by atoms with van der Waals surface area (Å²) in [5, 5.41) is 6.94. The number of thiophene rings is 1. The Bertz CT molecular complexity index is 746. The van der Waals surface area contributed by atoms with Crippen molar-refractivity contribution in [3.63, 3.8) is 0 Å². The molecule has 3 heterocycles. The molecule has 0 atom stereocenters. The second-order valence-corrected chi connectivity index (χ2v) is 6.94. The van der Waals surface area contributed by atoms with Gasteiger partial charge in [-0.2, -0.15) is 0 Å². The maximum atomic E-state index is 5.44. The zero-order valence-electron chi connectivity index (χ0n) is 14.7. The van der Waals surface area contributed by atoms with Crippen LogP contribution in [-0.4, -0.2) is 50.9 Å². The summed E-state index contributed by atoms with van der Waals surface area (Å²) in [6.07, 6.45) is 0. The number of halogens is 1. The molecule has 2 aliphatic heterocycles. The quantitative estimate of drug-likeness (QED) is 0.411. The van der Waals surface area contributed by atoms with Gasteiger partial charge in [-0.25, -0.2) is 0 Å². The number of guanidine groups is 1. The molecule has 4 rings (SSSR count). The monoisotopic (exact) mass is 486 g/mol. The number of fused-ring (bicyclic) bond motifs is 1. The highest BCUT2D eigenvalue weighted by atomic mass is 127. The van der Waals surface area contributed by atoms with E-state index >= 15 is 0 Å². The first-order valence-electron chi connectivity index (χ1n) is 8.46. The van der Waals surface area contributed by atoms with Crippen LogP contribution in [0.4, 0.5) is 5.00 Å². The summed E-state index contributed by atoms with van der Waals surface area (Å²) in [6, 6.07) is 10.3. The molecule has 2 aromatic rings. The highest BCUT2D eigenvalue weighted by Crippen LogP contribution is 2.32. The molecule has 0 unspecified atom stereocenters. The van der Waals surface area contributed by atoms with E-state index in [1.165, 1.54) is 5.00 Å². The number of piperazine rings is 1. The molecule has 26 heavy (non-hydrogen) atoms. The van der Waals surface area contributed by atoms with Gasteiger partial charge in [-0.1, -0.05) is 6.07 Å². The standard InChI is InChI=1S/C18H22N4O2S.HI/c1-19-18(20-12-14-4-5-15-16(11-14)24-13-23-15)22-8-6-21(7-9-22)17-3-2-10-25-17;/h2-5,10-11H,6-9,12-13H2,1H3,(H,19,20);1H. The Morgan fingerprint density at radius 3 is 2.69 bits per heavy atom. The Balaban J connectivity index is 0.00000196. The second kappa shape index (κ2) is 8.81. The molecule has 140 valence electrons. The lowest BCUT2D eigenvalue weighted by Gasteiger charge is -2.37. The van der Waals surface area contributed by atoms with Gasteiger partial charge >= 0.3 is 0 Å². The third-order valence-electron chi connectivity index (χ3n) is 4.50. The number of nitrogens with zero attached hydrogens (tertiary/aromatic N) is 3. The number of benzene rings is 1. The highest BCUT2D eigenvalue weighted by molar-refractivity contribution is 14.0. The highest BCUT2D eigenvalue weighted by Gasteiger charge is 2.20. The van der Waals surface area contributed by atoms with E-state index in [1.54, 1.807) is 11.3 Å². The minimum Gasteiger partial charge on any atom is -0.454 e. The molecule has 0 radical (unpaired) electrons. The lowest BCUT2D eigenvalue weighted by Crippen LogP contribution is -2.52. The van der Waals surface area contributed by atoms with E-state index in [1.807, 2.05) is 19.2 Å². The molecule has 2 aliphatic rings. The molecule has 0 spiro atoms. The Kier molecular flexibility index (Phi) is 6.47. The van der Waals surface area contributed by atoms with Gasteiger partial charge in [-0.15, -0.1) is 35.3 Å². The molecule has 0 amide bonds. The number of ether oxygens (including phenoxy) is 2. The first kappa shape index (κ1) is 19.1. The summed E-state index contributed by atoms with van der Waals surface area (Å²) < 4.78 is 10.8. The van der Waals surface area contributed by atoms with E-state index < -0.39 is 0 Å². The predicted octanol–water partition coefficient (Wildman–Crippen LogP) is 2.99. The Morgan fingerprint density at radius 1 is 1.15 bits per heavy atom. The topological polar surface area (TPSA) is 49.3 Å². The van der Waals surface area contributed by atoms with Crippen LogP contribution < -0.4 is 19.7 Å². The van der Waals surface area contributed by atoms with Gasteiger partial charge in [-0.05, 0) is 35.2 Å². The van der Waals surface area contributed by atoms with Crippen LogP contribution >= 0.6 is 35.3 Å². The van der Waals surface area contributed by atoms with Crippen LogP contribution in [0.1, 0.15) is 5.56 Å². The lowest BCUT2D eigenvalue weighted by molar-refractivity contribution is 0.174. The maximum Gasteiger partial charge on any atom is 0.231 e. The molecular weight excluding hydrogens is 463 g/mol. The van der Waals surface area contributed by atoms with Gasteiger partial charge in [-0.3, -0.25) is 4.99 Å². The minimum atomic E-state index is 0. The number of nitrogens with one attached hydrogen (secondary N) is 1. The Hall–Kier alpha value is -1.68. The summed E-state index contributed by atoms with van der Waals surface area (Å²) in [5.41, 5.74) is 1.16. The minimum absolute atomic E-state index is 0. The smallest absolute Gasteiger partial charge is 0.231 e. The van der Waals surface area contributed by atoms with Gasteiger partial charge < -0.3 is 24.6 Å². The van der Waals surface area contributed by atoms with Crippen LogP contribution in [0.5, 0.6) is 11.5 Å². The fraction of sp³-hybridized carbons (Fsp3) is 0.389. The normalized spacial score (nSPS) is 16.4. The Morgan fingerprint density at radius 2 is 1.96 bits per heavy atom. The first-order valence-corrected chi connectivity index (χ1v) is 9.34. The van der Waals surface area contributed by atoms with Crippen LogP contribution in [0, 0.1) is 0 Å². The van der Waals surface area contributed by atoms with Crippen LogP contribution in [-0.2, 0) is 6.54 Å². The molecule has 8 heteroatoms. The number of aliphatic imine (C=N–C) groups is 1. The second-order valence-electron chi connectivity index (χ2n) is 6.01. The van der Waals surface area contributed by atoms with E-state index in [-0.39, 0.29) is 24.0 Å². The molecule has 0 saturated carbocycles. The van der Waals surface area contributed by atoms with Crippen molar-refractivity contribution in [2.75, 3.05) is 44.9 Å². The lowest BCUT2D eigenvalue weighted by atomic mass is 10.2. The van der Waals surface area contributed by atoms with Gasteiger partial charge in [0.1, 0.15) is 0 Å². The average molecular weight is 486 g/mol. The number of rotatable bonds is 3. The van der Waals surface area contributed by atoms with Gasteiger partial charge in [0, 0.05) is 39.8 Å². The van der Waals surface area contributed by atoms with Crippen molar-refractivity contribution in [3.8, 4) is 11.5 Å². The SMILES string of the molecule is CN=C(NCc1ccc2c(c1)OCO2)N1CCN(c2cccs2)CC1.I. The maximum absolute atomic E-state index is 5.44. The summed E-state index contributed by atoms with van der Waals surface area (Å²) in [5.74, 6) is 2.58. The van der Waals surface area contributed by atoms with E-state index in [2.05, 4.69) is 43.7 Å². The van der Waals surface area contributed by atoms with E-state index in [9.17, 15) is 0 Å². The zero-order valence-corrected chi connectivity index (χ0v) is 17.8. The van der Waals surface area contributed by atoms with E-state index in [0.29, 0.717) is 13.3 Å². The van der Waals surface area contributed by atoms with Crippen molar-refractivity contribution in [1.29, 1.82) is 0 Å². The molecule has 1 aromatic carbocycles. The van der Waals surface area contributed by atoms with Gasteiger partial charge in [0.2, 0.25) is 6.79 Å². The number of anilines is 1. The predicted molar refractivity (Wildman–Crippen MR) is 116 cm³/mol.